The van der Waals surface area contributed by atoms with Crippen LogP contribution in [-0.4, -0.2) is 72.7 Å². The fourth-order valence-electron chi connectivity index (χ4n) is 3.42. The molecule has 3 unspecified atom stereocenters. The van der Waals surface area contributed by atoms with E-state index >= 15 is 0 Å². The van der Waals surface area contributed by atoms with Crippen LogP contribution < -0.4 is 0 Å². The average molecular weight is 296 g/mol. The molecule has 6 nitrogen and oxygen atoms in total. The lowest BCUT2D eigenvalue weighted by Crippen LogP contribution is -2.58. The van der Waals surface area contributed by atoms with Gasteiger partial charge < -0.3 is 19.3 Å². The molecule has 0 aliphatic carbocycles. The van der Waals surface area contributed by atoms with Gasteiger partial charge in [0.2, 0.25) is 0 Å². The fourth-order valence-corrected chi connectivity index (χ4v) is 3.42. The molecule has 2 amide bonds. The van der Waals surface area contributed by atoms with E-state index in [1.165, 1.54) is 0 Å². The highest BCUT2D eigenvalue weighted by Gasteiger charge is 2.37. The van der Waals surface area contributed by atoms with Gasteiger partial charge in [0.1, 0.15) is 12.2 Å². The van der Waals surface area contributed by atoms with Crippen LogP contribution in [0.5, 0.6) is 0 Å². The summed E-state index contributed by atoms with van der Waals surface area (Å²) in [5, 5.41) is 0. The van der Waals surface area contributed by atoms with E-state index < -0.39 is 0 Å². The topological polar surface area (TPSA) is 59.1 Å². The predicted molar refractivity (Wildman–Crippen MR) is 75.7 cm³/mol. The van der Waals surface area contributed by atoms with Gasteiger partial charge in [-0.15, -0.1) is 0 Å². The summed E-state index contributed by atoms with van der Waals surface area (Å²) < 4.78 is 10.9. The molecule has 3 aliphatic heterocycles. The second-order valence-electron chi connectivity index (χ2n) is 6.17. The Morgan fingerprint density at radius 1 is 0.952 bits per heavy atom. The van der Waals surface area contributed by atoms with Crippen LogP contribution in [0.15, 0.2) is 0 Å². The third-order valence-corrected chi connectivity index (χ3v) is 4.63. The first-order chi connectivity index (χ1) is 10.2. The molecule has 3 atom stereocenters. The van der Waals surface area contributed by atoms with Gasteiger partial charge in [0.05, 0.1) is 0 Å². The highest BCUT2D eigenvalue weighted by Crippen LogP contribution is 2.21. The van der Waals surface area contributed by atoms with Gasteiger partial charge in [0, 0.05) is 38.9 Å². The Balaban J connectivity index is 1.56. The lowest BCUT2D eigenvalue weighted by Gasteiger charge is -2.41. The third kappa shape index (κ3) is 3.06. The van der Waals surface area contributed by atoms with Crippen LogP contribution in [0.1, 0.15) is 32.6 Å². The number of ether oxygens (including phenoxy) is 2. The zero-order valence-electron chi connectivity index (χ0n) is 12.6. The van der Waals surface area contributed by atoms with Gasteiger partial charge in [-0.3, -0.25) is 9.59 Å². The molecule has 0 bridgehead atoms. The van der Waals surface area contributed by atoms with Gasteiger partial charge >= 0.3 is 0 Å². The predicted octanol–water partition coefficient (Wildman–Crippen LogP) is 0.404. The first-order valence-corrected chi connectivity index (χ1v) is 7.99. The largest absolute Gasteiger partial charge is 0.368 e. The van der Waals surface area contributed by atoms with Crippen molar-refractivity contribution in [2.75, 3.05) is 32.8 Å². The summed E-state index contributed by atoms with van der Waals surface area (Å²) in [7, 11) is 0. The molecule has 118 valence electrons. The summed E-state index contributed by atoms with van der Waals surface area (Å²) in [5.74, 6) is 0.174. The van der Waals surface area contributed by atoms with E-state index in [1.54, 1.807) is 0 Å². The smallest absolute Gasteiger partial charge is 0.252 e. The van der Waals surface area contributed by atoms with Crippen molar-refractivity contribution in [2.24, 2.45) is 0 Å². The number of carbonyl (C=O) groups is 2. The molecule has 3 rings (SSSR count). The van der Waals surface area contributed by atoms with Crippen molar-refractivity contribution in [3.63, 3.8) is 0 Å². The maximum atomic E-state index is 12.4. The van der Waals surface area contributed by atoms with E-state index in [0.29, 0.717) is 32.8 Å². The molecular formula is C15H24N2O4. The van der Waals surface area contributed by atoms with Crippen LogP contribution in [0.25, 0.3) is 0 Å². The zero-order valence-corrected chi connectivity index (χ0v) is 12.6. The molecule has 0 saturated carbocycles. The monoisotopic (exact) mass is 296 g/mol. The highest BCUT2D eigenvalue weighted by atomic mass is 16.5. The summed E-state index contributed by atoms with van der Waals surface area (Å²) in [4.78, 5) is 28.5. The summed E-state index contributed by atoms with van der Waals surface area (Å²) in [6.07, 6.45) is 3.03. The molecule has 3 fully saturated rings. The molecule has 3 saturated heterocycles. The summed E-state index contributed by atoms with van der Waals surface area (Å²) in [6, 6.07) is 0.0424. The minimum atomic E-state index is -0.270. The van der Waals surface area contributed by atoms with Crippen LogP contribution in [0.4, 0.5) is 0 Å². The van der Waals surface area contributed by atoms with Crippen LogP contribution in [0, 0.1) is 0 Å². The van der Waals surface area contributed by atoms with Crippen molar-refractivity contribution in [3.05, 3.63) is 0 Å². The highest BCUT2D eigenvalue weighted by molar-refractivity contribution is 5.83. The van der Waals surface area contributed by atoms with Gasteiger partial charge in [-0.2, -0.15) is 0 Å². The first-order valence-electron chi connectivity index (χ1n) is 7.99. The Kier molecular flexibility index (Phi) is 4.45. The zero-order chi connectivity index (χ0) is 14.8. The maximum Gasteiger partial charge on any atom is 0.252 e. The molecule has 0 radical (unpaired) electrons. The Morgan fingerprint density at radius 2 is 1.57 bits per heavy atom. The quantitative estimate of drug-likeness (QED) is 0.740. The number of nitrogens with zero attached hydrogens (tertiary/aromatic N) is 2. The lowest BCUT2D eigenvalue weighted by molar-refractivity contribution is -0.152. The van der Waals surface area contributed by atoms with Crippen LogP contribution >= 0.6 is 0 Å². The van der Waals surface area contributed by atoms with Crippen molar-refractivity contribution in [2.45, 2.75) is 50.9 Å². The Bertz CT molecular complexity index is 402. The van der Waals surface area contributed by atoms with Gasteiger partial charge in [-0.25, -0.2) is 0 Å². The molecule has 3 heterocycles. The minimum Gasteiger partial charge on any atom is -0.368 e. The molecule has 0 spiro atoms. The van der Waals surface area contributed by atoms with Crippen molar-refractivity contribution >= 4 is 11.8 Å². The van der Waals surface area contributed by atoms with Crippen molar-refractivity contribution in [3.8, 4) is 0 Å². The molecule has 6 heteroatoms. The summed E-state index contributed by atoms with van der Waals surface area (Å²) in [5.41, 5.74) is 0. The second kappa shape index (κ2) is 6.32. The third-order valence-electron chi connectivity index (χ3n) is 4.63. The molecular weight excluding hydrogens is 272 g/mol. The molecule has 0 N–H and O–H groups in total. The first kappa shape index (κ1) is 14.8. The van der Waals surface area contributed by atoms with Gasteiger partial charge in [0.15, 0.2) is 0 Å². The molecule has 3 aliphatic rings. The number of hydrogen-bond acceptors (Lipinski definition) is 4. The number of rotatable bonds is 2. The second-order valence-corrected chi connectivity index (χ2v) is 6.17. The number of amides is 2. The average Bonchev–Trinajstić information content (AvgIpc) is 3.18. The van der Waals surface area contributed by atoms with E-state index in [1.807, 2.05) is 16.7 Å². The molecule has 0 aromatic heterocycles. The van der Waals surface area contributed by atoms with Crippen LogP contribution in [-0.2, 0) is 19.1 Å². The Morgan fingerprint density at radius 3 is 2.10 bits per heavy atom. The molecule has 0 aromatic carbocycles. The van der Waals surface area contributed by atoms with E-state index in [2.05, 4.69) is 0 Å². The van der Waals surface area contributed by atoms with E-state index in [-0.39, 0.29) is 30.1 Å². The van der Waals surface area contributed by atoms with E-state index in [4.69, 9.17) is 9.47 Å². The van der Waals surface area contributed by atoms with Crippen LogP contribution in [0.3, 0.4) is 0 Å². The van der Waals surface area contributed by atoms with Crippen molar-refractivity contribution in [1.82, 2.24) is 9.80 Å². The van der Waals surface area contributed by atoms with Crippen molar-refractivity contribution < 1.29 is 19.1 Å². The van der Waals surface area contributed by atoms with Crippen molar-refractivity contribution in [1.29, 1.82) is 0 Å². The SMILES string of the molecule is CC1CN(C(=O)C2CCCO2)CCN1C(=O)C1CCCO1. The molecule has 0 aromatic rings. The number of piperazine rings is 1. The number of carbonyl (C=O) groups excluding carboxylic acids is 2. The standard InChI is InChI=1S/C15H24N2O4/c1-11-10-16(14(18)12-4-2-8-20-12)6-7-17(11)15(19)13-5-3-9-21-13/h11-13H,2-10H2,1H3. The Labute approximate surface area is 125 Å². The number of hydrogen-bond donors (Lipinski definition) is 0. The maximum absolute atomic E-state index is 12.4. The van der Waals surface area contributed by atoms with E-state index in [0.717, 1.165) is 25.7 Å². The molecule has 21 heavy (non-hydrogen) atoms. The van der Waals surface area contributed by atoms with Gasteiger partial charge in [0.25, 0.3) is 11.8 Å². The van der Waals surface area contributed by atoms with E-state index in [9.17, 15) is 9.59 Å². The lowest BCUT2D eigenvalue weighted by atomic mass is 10.1. The van der Waals surface area contributed by atoms with Gasteiger partial charge in [-0.1, -0.05) is 0 Å². The summed E-state index contributed by atoms with van der Waals surface area (Å²) >= 11 is 0. The fraction of sp³-hybridized carbons (Fsp3) is 0.867. The minimum absolute atomic E-state index is 0.0424. The summed E-state index contributed by atoms with van der Waals surface area (Å²) in [6.45, 7) is 5.16. The van der Waals surface area contributed by atoms with Crippen LogP contribution in [0.2, 0.25) is 0 Å². The Hall–Kier alpha value is -1.14. The normalized spacial score (nSPS) is 33.5. The van der Waals surface area contributed by atoms with Gasteiger partial charge in [-0.05, 0) is 32.6 Å².